The molecule has 0 atom stereocenters. The van der Waals surface area contributed by atoms with E-state index < -0.39 is 10.8 Å². The molecule has 8 heteroatoms. The fourth-order valence-electron chi connectivity index (χ4n) is 3.39. The molecule has 1 heterocycles. The molecule has 0 spiro atoms. The summed E-state index contributed by atoms with van der Waals surface area (Å²) in [6.07, 6.45) is 0. The van der Waals surface area contributed by atoms with Crippen LogP contribution in [0.5, 0.6) is 17.2 Å². The van der Waals surface area contributed by atoms with Gasteiger partial charge in [-0.1, -0.05) is 24.3 Å². The number of aryl methyl sites for hydroxylation is 3. The fourth-order valence-corrected chi connectivity index (χ4v) is 3.39. The Morgan fingerprint density at radius 1 is 0.943 bits per heavy atom. The molecule has 0 unspecified atom stereocenters. The minimum absolute atomic E-state index is 0.0522. The van der Waals surface area contributed by atoms with E-state index in [4.69, 9.17) is 13.9 Å². The molecule has 4 aromatic rings. The van der Waals surface area contributed by atoms with Crippen LogP contribution in [0.2, 0.25) is 0 Å². The summed E-state index contributed by atoms with van der Waals surface area (Å²) in [7, 11) is 0. The largest absolute Gasteiger partial charge is 0.486 e. The average Bonchev–Trinajstić information content (AvgIpc) is 3.29. The second-order valence-corrected chi connectivity index (χ2v) is 8.17. The molecule has 1 amide bonds. The van der Waals surface area contributed by atoms with Crippen LogP contribution in [0, 0.1) is 30.9 Å². The Hall–Kier alpha value is -4.59. The molecule has 0 aliphatic rings. The van der Waals surface area contributed by atoms with Crippen molar-refractivity contribution in [2.75, 3.05) is 5.32 Å². The molecule has 178 valence electrons. The Balaban J connectivity index is 1.48. The van der Waals surface area contributed by atoms with Gasteiger partial charge in [0.25, 0.3) is 11.6 Å². The molecule has 3 aromatic carbocycles. The van der Waals surface area contributed by atoms with Gasteiger partial charge < -0.3 is 19.2 Å². The van der Waals surface area contributed by atoms with Gasteiger partial charge in [0.15, 0.2) is 5.76 Å². The van der Waals surface area contributed by atoms with Gasteiger partial charge in [-0.2, -0.15) is 0 Å². The number of amides is 1. The van der Waals surface area contributed by atoms with Crippen LogP contribution < -0.4 is 14.8 Å². The molecule has 0 fully saturated rings. The highest BCUT2D eigenvalue weighted by molar-refractivity contribution is 6.02. The number of ether oxygens (including phenoxy) is 2. The van der Waals surface area contributed by atoms with E-state index in [-0.39, 0.29) is 29.5 Å². The topological polar surface area (TPSA) is 104 Å². The number of nitrogens with zero attached hydrogens (tertiary/aromatic N) is 1. The van der Waals surface area contributed by atoms with Crippen molar-refractivity contribution in [3.8, 4) is 17.2 Å². The zero-order chi connectivity index (χ0) is 24.9. The highest BCUT2D eigenvalue weighted by atomic mass is 16.6. The van der Waals surface area contributed by atoms with E-state index in [1.54, 1.807) is 6.07 Å². The van der Waals surface area contributed by atoms with Crippen LogP contribution in [-0.4, -0.2) is 10.8 Å². The number of carbonyl (C=O) groups is 1. The fraction of sp³-hybridized carbons (Fsp3) is 0.148. The first-order valence-electron chi connectivity index (χ1n) is 10.9. The maximum atomic E-state index is 12.7. The van der Waals surface area contributed by atoms with Gasteiger partial charge in [-0.25, -0.2) is 0 Å². The molecule has 4 rings (SSSR count). The van der Waals surface area contributed by atoms with Crippen LogP contribution in [0.15, 0.2) is 77.2 Å². The summed E-state index contributed by atoms with van der Waals surface area (Å²) in [5.74, 6) is 1.47. The number of furan rings is 1. The van der Waals surface area contributed by atoms with E-state index in [1.165, 1.54) is 24.3 Å². The smallest absolute Gasteiger partial charge is 0.291 e. The summed E-state index contributed by atoms with van der Waals surface area (Å²) >= 11 is 0. The Bertz CT molecular complexity index is 1390. The number of anilines is 1. The summed E-state index contributed by atoms with van der Waals surface area (Å²) < 4.78 is 17.2. The Morgan fingerprint density at radius 2 is 1.74 bits per heavy atom. The lowest BCUT2D eigenvalue weighted by Gasteiger charge is -2.11. The molecule has 0 aliphatic carbocycles. The number of hydrogen-bond donors (Lipinski definition) is 1. The number of rotatable bonds is 8. The van der Waals surface area contributed by atoms with Crippen LogP contribution in [0.25, 0.3) is 0 Å². The van der Waals surface area contributed by atoms with Gasteiger partial charge in [-0.05, 0) is 67.8 Å². The first-order chi connectivity index (χ1) is 16.8. The van der Waals surface area contributed by atoms with Crippen LogP contribution in [0.1, 0.15) is 33.0 Å². The number of non-ortho nitro benzene ring substituents is 1. The van der Waals surface area contributed by atoms with E-state index in [2.05, 4.69) is 5.32 Å². The van der Waals surface area contributed by atoms with Crippen molar-refractivity contribution in [2.45, 2.75) is 27.4 Å². The molecule has 1 aromatic heterocycles. The molecule has 8 nitrogen and oxygen atoms in total. The van der Waals surface area contributed by atoms with Crippen molar-refractivity contribution < 1.29 is 23.6 Å². The predicted molar refractivity (Wildman–Crippen MR) is 131 cm³/mol. The number of nitrogens with one attached hydrogen (secondary N) is 1. The minimum Gasteiger partial charge on any atom is -0.486 e. The molecule has 35 heavy (non-hydrogen) atoms. The van der Waals surface area contributed by atoms with Crippen molar-refractivity contribution in [2.24, 2.45) is 0 Å². The monoisotopic (exact) mass is 472 g/mol. The summed E-state index contributed by atoms with van der Waals surface area (Å²) in [6, 6.07) is 20.6. The van der Waals surface area contributed by atoms with E-state index in [1.807, 2.05) is 63.2 Å². The van der Waals surface area contributed by atoms with Gasteiger partial charge >= 0.3 is 0 Å². The highest BCUT2D eigenvalue weighted by Crippen LogP contribution is 2.32. The summed E-state index contributed by atoms with van der Waals surface area (Å²) in [6.45, 7) is 5.93. The normalized spacial score (nSPS) is 10.6. The molecule has 0 bridgehead atoms. The third-order valence-corrected chi connectivity index (χ3v) is 5.19. The first kappa shape index (κ1) is 23.6. The lowest BCUT2D eigenvalue weighted by molar-refractivity contribution is -0.384. The van der Waals surface area contributed by atoms with Gasteiger partial charge in [-0.15, -0.1) is 0 Å². The molecule has 0 saturated heterocycles. The third-order valence-electron chi connectivity index (χ3n) is 5.19. The standard InChI is InChI=1S/C27H24N2O6/c1-17-5-4-6-22(11-17)33-16-23-9-10-25(34-23)27(30)28-20-13-21(29(31)32)15-24(14-20)35-26-12-18(2)7-8-19(26)3/h4-15H,16H2,1-3H3,(H,28,30). The molecule has 0 radical (unpaired) electrons. The second-order valence-electron chi connectivity index (χ2n) is 8.17. The van der Waals surface area contributed by atoms with Crippen LogP contribution in [0.4, 0.5) is 11.4 Å². The number of benzene rings is 3. The zero-order valence-electron chi connectivity index (χ0n) is 19.5. The van der Waals surface area contributed by atoms with Crippen LogP contribution in [0.3, 0.4) is 0 Å². The molecule has 1 N–H and O–H groups in total. The number of nitro benzene ring substituents is 1. The summed E-state index contributed by atoms with van der Waals surface area (Å²) in [5, 5.41) is 14.1. The number of carbonyl (C=O) groups excluding carboxylic acids is 1. The molecular formula is C27H24N2O6. The highest BCUT2D eigenvalue weighted by Gasteiger charge is 2.17. The molecule has 0 saturated carbocycles. The van der Waals surface area contributed by atoms with Gasteiger partial charge in [0.05, 0.1) is 16.7 Å². The minimum atomic E-state index is -0.551. The maximum absolute atomic E-state index is 12.7. The van der Waals surface area contributed by atoms with Crippen LogP contribution >= 0.6 is 0 Å². The number of hydrogen-bond acceptors (Lipinski definition) is 6. The Morgan fingerprint density at radius 3 is 2.51 bits per heavy atom. The van der Waals surface area contributed by atoms with Crippen molar-refractivity contribution >= 4 is 17.3 Å². The average molecular weight is 472 g/mol. The van der Waals surface area contributed by atoms with Gasteiger partial charge in [0, 0.05) is 12.1 Å². The first-order valence-corrected chi connectivity index (χ1v) is 10.9. The second kappa shape index (κ2) is 10.1. The van der Waals surface area contributed by atoms with Crippen molar-refractivity contribution in [3.63, 3.8) is 0 Å². The molecular weight excluding hydrogens is 448 g/mol. The Labute approximate surface area is 202 Å². The van der Waals surface area contributed by atoms with Gasteiger partial charge in [0.2, 0.25) is 0 Å². The van der Waals surface area contributed by atoms with Crippen molar-refractivity contribution in [1.82, 2.24) is 0 Å². The van der Waals surface area contributed by atoms with Crippen molar-refractivity contribution in [3.05, 3.63) is 111 Å². The predicted octanol–water partition coefficient (Wildman–Crippen LogP) is 6.74. The SMILES string of the molecule is Cc1cccc(OCc2ccc(C(=O)Nc3cc(Oc4cc(C)ccc4C)cc([N+](=O)[O-])c3)o2)c1. The van der Waals surface area contributed by atoms with E-state index in [0.29, 0.717) is 17.3 Å². The summed E-state index contributed by atoms with van der Waals surface area (Å²) in [5.41, 5.74) is 2.93. The number of nitro groups is 1. The third kappa shape index (κ3) is 6.05. The summed E-state index contributed by atoms with van der Waals surface area (Å²) in [4.78, 5) is 23.6. The van der Waals surface area contributed by atoms with Crippen LogP contribution in [-0.2, 0) is 6.61 Å². The zero-order valence-corrected chi connectivity index (χ0v) is 19.5. The van der Waals surface area contributed by atoms with Gasteiger partial charge in [0.1, 0.15) is 29.6 Å². The quantitative estimate of drug-likeness (QED) is 0.225. The lowest BCUT2D eigenvalue weighted by Crippen LogP contribution is -2.11. The maximum Gasteiger partial charge on any atom is 0.291 e. The molecule has 0 aliphatic heterocycles. The van der Waals surface area contributed by atoms with E-state index in [0.717, 1.165) is 16.7 Å². The lowest BCUT2D eigenvalue weighted by atomic mass is 10.1. The van der Waals surface area contributed by atoms with E-state index >= 15 is 0 Å². The Kier molecular flexibility index (Phi) is 6.82. The van der Waals surface area contributed by atoms with Crippen molar-refractivity contribution in [1.29, 1.82) is 0 Å². The van der Waals surface area contributed by atoms with Gasteiger partial charge in [-0.3, -0.25) is 14.9 Å². The van der Waals surface area contributed by atoms with E-state index in [9.17, 15) is 14.9 Å².